The van der Waals surface area contributed by atoms with Gasteiger partial charge in [0.2, 0.25) is 5.91 Å². The summed E-state index contributed by atoms with van der Waals surface area (Å²) in [4.78, 5) is 13.9. The first-order valence-electron chi connectivity index (χ1n) is 6.65. The van der Waals surface area contributed by atoms with E-state index in [4.69, 9.17) is 16.3 Å². The van der Waals surface area contributed by atoms with Crippen molar-refractivity contribution in [3.63, 3.8) is 0 Å². The summed E-state index contributed by atoms with van der Waals surface area (Å²) in [5, 5.41) is 6.66. The van der Waals surface area contributed by atoms with E-state index < -0.39 is 0 Å². The van der Waals surface area contributed by atoms with Crippen LogP contribution in [0.25, 0.3) is 0 Å². The fraction of sp³-hybridized carbons (Fsp3) is 0.500. The number of ether oxygens (including phenoxy) is 1. The van der Waals surface area contributed by atoms with E-state index in [1.54, 1.807) is 6.07 Å². The highest BCUT2D eigenvalue weighted by atomic mass is 35.5. The van der Waals surface area contributed by atoms with Gasteiger partial charge in [-0.15, -0.1) is 0 Å². The number of amides is 1. The maximum absolute atomic E-state index is 11.9. The summed E-state index contributed by atoms with van der Waals surface area (Å²) in [6.45, 7) is 2.22. The second-order valence-corrected chi connectivity index (χ2v) is 5.42. The molecule has 0 radical (unpaired) electrons. The third-order valence-corrected chi connectivity index (χ3v) is 3.43. The summed E-state index contributed by atoms with van der Waals surface area (Å²) in [5.41, 5.74) is 1.62. The molecule has 0 aromatic heterocycles. The number of anilines is 2. The average Bonchev–Trinajstić information content (AvgIpc) is 2.39. The molecule has 1 aromatic carbocycles. The molecule has 1 saturated heterocycles. The van der Waals surface area contributed by atoms with Crippen LogP contribution in [-0.4, -0.2) is 45.8 Å². The van der Waals surface area contributed by atoms with Gasteiger partial charge in [-0.25, -0.2) is 0 Å². The molecular formula is C14H20ClN3O2. The van der Waals surface area contributed by atoms with Crippen LogP contribution in [0.2, 0.25) is 5.02 Å². The molecule has 6 heteroatoms. The number of benzene rings is 1. The Hall–Kier alpha value is -1.30. The third kappa shape index (κ3) is 4.10. The van der Waals surface area contributed by atoms with Crippen molar-refractivity contribution in [2.75, 3.05) is 44.0 Å². The molecule has 0 spiro atoms. The Bertz CT molecular complexity index is 473. The van der Waals surface area contributed by atoms with E-state index in [2.05, 4.69) is 10.6 Å². The normalized spacial score (nSPS) is 18.6. The van der Waals surface area contributed by atoms with Gasteiger partial charge in [-0.3, -0.25) is 4.79 Å². The number of hydrogen-bond donors (Lipinski definition) is 2. The molecule has 2 rings (SSSR count). The summed E-state index contributed by atoms with van der Waals surface area (Å²) in [6, 6.07) is 5.49. The minimum atomic E-state index is -0.0626. The van der Waals surface area contributed by atoms with Crippen molar-refractivity contribution in [3.05, 3.63) is 23.2 Å². The molecule has 1 aromatic rings. The van der Waals surface area contributed by atoms with Crippen LogP contribution in [0.15, 0.2) is 18.2 Å². The van der Waals surface area contributed by atoms with Crippen LogP contribution in [0.3, 0.4) is 0 Å². The lowest BCUT2D eigenvalue weighted by molar-refractivity contribution is -0.119. The number of nitrogens with one attached hydrogen (secondary N) is 2. The molecule has 1 amide bonds. The molecule has 0 bridgehead atoms. The molecule has 20 heavy (non-hydrogen) atoms. The zero-order chi connectivity index (χ0) is 14.5. The summed E-state index contributed by atoms with van der Waals surface area (Å²) < 4.78 is 5.50. The van der Waals surface area contributed by atoms with Crippen LogP contribution in [0.4, 0.5) is 11.4 Å². The van der Waals surface area contributed by atoms with Crippen LogP contribution in [0.1, 0.15) is 6.42 Å². The Kier molecular flexibility index (Phi) is 5.23. The van der Waals surface area contributed by atoms with Gasteiger partial charge in [0.1, 0.15) is 0 Å². The smallest absolute Gasteiger partial charge is 0.227 e. The molecule has 0 aliphatic carbocycles. The van der Waals surface area contributed by atoms with E-state index in [0.717, 1.165) is 12.2 Å². The van der Waals surface area contributed by atoms with Crippen molar-refractivity contribution in [2.45, 2.75) is 12.5 Å². The molecule has 2 N–H and O–H groups in total. The number of carbonyl (C=O) groups excluding carboxylic acids is 1. The minimum Gasteiger partial charge on any atom is -0.376 e. The number of rotatable bonds is 4. The van der Waals surface area contributed by atoms with Crippen LogP contribution in [0.5, 0.6) is 0 Å². The lowest BCUT2D eigenvalue weighted by atomic mass is 10.2. The van der Waals surface area contributed by atoms with Crippen molar-refractivity contribution in [3.8, 4) is 0 Å². The van der Waals surface area contributed by atoms with Crippen LogP contribution < -0.4 is 15.5 Å². The van der Waals surface area contributed by atoms with E-state index in [1.807, 2.05) is 31.1 Å². The molecule has 1 aliphatic heterocycles. The summed E-state index contributed by atoms with van der Waals surface area (Å²) in [5.74, 6) is -0.0626. The predicted molar refractivity (Wildman–Crippen MR) is 81.6 cm³/mol. The van der Waals surface area contributed by atoms with Crippen molar-refractivity contribution in [1.29, 1.82) is 0 Å². The Morgan fingerprint density at radius 1 is 1.55 bits per heavy atom. The Balaban J connectivity index is 1.92. The van der Waals surface area contributed by atoms with Crippen molar-refractivity contribution in [2.24, 2.45) is 0 Å². The predicted octanol–water partition coefficient (Wildman–Crippen LogP) is 1.72. The standard InChI is InChI=1S/C14H20ClN3O2/c1-18(2)13-4-3-10(7-12(13)15)17-14(19)8-11-9-16-5-6-20-11/h3-4,7,11,16H,5-6,8-9H2,1-2H3,(H,17,19). The number of halogens is 1. The lowest BCUT2D eigenvalue weighted by Crippen LogP contribution is -2.40. The number of nitrogens with zero attached hydrogens (tertiary/aromatic N) is 1. The maximum Gasteiger partial charge on any atom is 0.227 e. The monoisotopic (exact) mass is 297 g/mol. The number of morpholine rings is 1. The summed E-state index contributed by atoms with van der Waals surface area (Å²) in [6.07, 6.45) is 0.292. The first-order chi connectivity index (χ1) is 9.56. The van der Waals surface area contributed by atoms with E-state index in [1.165, 1.54) is 0 Å². The van der Waals surface area contributed by atoms with Crippen LogP contribution in [-0.2, 0) is 9.53 Å². The third-order valence-electron chi connectivity index (χ3n) is 3.13. The van der Waals surface area contributed by atoms with Gasteiger partial charge < -0.3 is 20.3 Å². The highest BCUT2D eigenvalue weighted by Crippen LogP contribution is 2.27. The molecule has 5 nitrogen and oxygen atoms in total. The molecule has 110 valence electrons. The van der Waals surface area contributed by atoms with Crippen molar-refractivity contribution in [1.82, 2.24) is 5.32 Å². The first-order valence-corrected chi connectivity index (χ1v) is 7.03. The molecule has 1 unspecified atom stereocenters. The SMILES string of the molecule is CN(C)c1ccc(NC(=O)CC2CNCCO2)cc1Cl. The molecule has 1 heterocycles. The van der Waals surface area contributed by atoms with E-state index in [-0.39, 0.29) is 12.0 Å². The highest BCUT2D eigenvalue weighted by Gasteiger charge is 2.17. The Morgan fingerprint density at radius 3 is 2.95 bits per heavy atom. The van der Waals surface area contributed by atoms with Gasteiger partial charge >= 0.3 is 0 Å². The second-order valence-electron chi connectivity index (χ2n) is 5.01. The number of carbonyl (C=O) groups is 1. The lowest BCUT2D eigenvalue weighted by Gasteiger charge is -2.23. The van der Waals surface area contributed by atoms with Gasteiger partial charge in [0.05, 0.1) is 29.8 Å². The fourth-order valence-corrected chi connectivity index (χ4v) is 2.47. The van der Waals surface area contributed by atoms with Gasteiger partial charge in [-0.05, 0) is 18.2 Å². The van der Waals surface area contributed by atoms with Gasteiger partial charge in [0.25, 0.3) is 0 Å². The second kappa shape index (κ2) is 6.92. The molecule has 0 saturated carbocycles. The topological polar surface area (TPSA) is 53.6 Å². The minimum absolute atomic E-state index is 0.0553. The molecular weight excluding hydrogens is 278 g/mol. The molecule has 1 aliphatic rings. The Morgan fingerprint density at radius 2 is 2.35 bits per heavy atom. The van der Waals surface area contributed by atoms with Crippen LogP contribution >= 0.6 is 11.6 Å². The van der Waals surface area contributed by atoms with Crippen LogP contribution in [0, 0.1) is 0 Å². The van der Waals surface area contributed by atoms with Crippen molar-refractivity contribution >= 4 is 28.9 Å². The molecule has 1 atom stereocenters. The summed E-state index contributed by atoms with van der Waals surface area (Å²) >= 11 is 6.17. The summed E-state index contributed by atoms with van der Waals surface area (Å²) in [7, 11) is 3.85. The largest absolute Gasteiger partial charge is 0.376 e. The average molecular weight is 298 g/mol. The Labute approximate surface area is 124 Å². The maximum atomic E-state index is 11.9. The van der Waals surface area contributed by atoms with Gasteiger partial charge in [0, 0.05) is 32.9 Å². The van der Waals surface area contributed by atoms with E-state index in [9.17, 15) is 4.79 Å². The fourth-order valence-electron chi connectivity index (χ4n) is 2.12. The highest BCUT2D eigenvalue weighted by molar-refractivity contribution is 6.33. The zero-order valence-electron chi connectivity index (χ0n) is 11.8. The first kappa shape index (κ1) is 15.1. The zero-order valence-corrected chi connectivity index (χ0v) is 12.5. The van der Waals surface area contributed by atoms with Gasteiger partial charge in [0.15, 0.2) is 0 Å². The number of hydrogen-bond acceptors (Lipinski definition) is 4. The van der Waals surface area contributed by atoms with E-state index >= 15 is 0 Å². The van der Waals surface area contributed by atoms with Gasteiger partial charge in [-0.2, -0.15) is 0 Å². The van der Waals surface area contributed by atoms with Crippen molar-refractivity contribution < 1.29 is 9.53 Å². The van der Waals surface area contributed by atoms with E-state index in [0.29, 0.717) is 30.3 Å². The van der Waals surface area contributed by atoms with Gasteiger partial charge in [-0.1, -0.05) is 11.6 Å². The quantitative estimate of drug-likeness (QED) is 0.888. The molecule has 1 fully saturated rings.